The number of carbonyl (C=O) groups is 2. The number of aryl methyl sites for hydroxylation is 1. The lowest BCUT2D eigenvalue weighted by molar-refractivity contribution is -0.151. The zero-order valence-corrected chi connectivity index (χ0v) is 14.9. The Kier molecular flexibility index (Phi) is 5.31. The van der Waals surface area contributed by atoms with Gasteiger partial charge in [-0.25, -0.2) is 4.39 Å². The number of ether oxygens (including phenoxy) is 1. The molecule has 0 fully saturated rings. The maximum absolute atomic E-state index is 13.7. The molecule has 0 amide bonds. The summed E-state index contributed by atoms with van der Waals surface area (Å²) >= 11 is 0. The third-order valence-electron chi connectivity index (χ3n) is 4.70. The van der Waals surface area contributed by atoms with Gasteiger partial charge in [-0.2, -0.15) is 0 Å². The first-order valence-electron chi connectivity index (χ1n) is 8.73. The van der Waals surface area contributed by atoms with Crippen molar-refractivity contribution >= 4 is 17.3 Å². The van der Waals surface area contributed by atoms with Crippen molar-refractivity contribution in [3.8, 4) is 0 Å². The second-order valence-electron chi connectivity index (χ2n) is 6.53. The fourth-order valence-electron chi connectivity index (χ4n) is 3.40. The van der Waals surface area contributed by atoms with E-state index in [0.29, 0.717) is 12.0 Å². The lowest BCUT2D eigenvalue weighted by atomic mass is 9.73. The van der Waals surface area contributed by atoms with Crippen LogP contribution < -0.4 is 0 Å². The van der Waals surface area contributed by atoms with E-state index in [-0.39, 0.29) is 18.2 Å². The predicted molar refractivity (Wildman–Crippen MR) is 98.0 cm³/mol. The summed E-state index contributed by atoms with van der Waals surface area (Å²) in [6.07, 6.45) is 2.00. The van der Waals surface area contributed by atoms with Crippen LogP contribution in [0.15, 0.2) is 54.6 Å². The van der Waals surface area contributed by atoms with Gasteiger partial charge in [0, 0.05) is 5.92 Å². The fourth-order valence-corrected chi connectivity index (χ4v) is 3.40. The van der Waals surface area contributed by atoms with E-state index in [1.165, 1.54) is 18.2 Å². The molecule has 0 radical (unpaired) electrons. The minimum atomic E-state index is -0.939. The SMILES string of the molecule is CCOC(=O)C1C(=O)C=C(c2ccc(C)cc2)CC1c1cccc(F)c1. The second-order valence-corrected chi connectivity index (χ2v) is 6.53. The number of hydrogen-bond donors (Lipinski definition) is 0. The summed E-state index contributed by atoms with van der Waals surface area (Å²) in [5, 5.41) is 0. The highest BCUT2D eigenvalue weighted by molar-refractivity contribution is 6.10. The fraction of sp³-hybridized carbons (Fsp3) is 0.273. The Bertz CT molecular complexity index is 852. The van der Waals surface area contributed by atoms with Gasteiger partial charge in [-0.3, -0.25) is 9.59 Å². The van der Waals surface area contributed by atoms with Crippen molar-refractivity contribution in [2.45, 2.75) is 26.2 Å². The van der Waals surface area contributed by atoms with Gasteiger partial charge in [0.1, 0.15) is 11.7 Å². The third-order valence-corrected chi connectivity index (χ3v) is 4.70. The summed E-state index contributed by atoms with van der Waals surface area (Å²) in [4.78, 5) is 25.2. The molecule has 1 aliphatic carbocycles. The molecule has 0 bridgehead atoms. The monoisotopic (exact) mass is 352 g/mol. The molecule has 2 unspecified atom stereocenters. The van der Waals surface area contributed by atoms with Crippen molar-refractivity contribution in [1.82, 2.24) is 0 Å². The van der Waals surface area contributed by atoms with Crippen LogP contribution in [0.2, 0.25) is 0 Å². The predicted octanol–water partition coefficient (Wildman–Crippen LogP) is 4.45. The highest BCUT2D eigenvalue weighted by atomic mass is 19.1. The van der Waals surface area contributed by atoms with Crippen molar-refractivity contribution in [2.24, 2.45) is 5.92 Å². The molecule has 3 nitrogen and oxygen atoms in total. The summed E-state index contributed by atoms with van der Waals surface area (Å²) < 4.78 is 18.9. The quantitative estimate of drug-likeness (QED) is 0.603. The van der Waals surface area contributed by atoms with Crippen molar-refractivity contribution < 1.29 is 18.7 Å². The van der Waals surface area contributed by atoms with E-state index in [9.17, 15) is 14.0 Å². The Morgan fingerprint density at radius 3 is 2.58 bits per heavy atom. The zero-order valence-electron chi connectivity index (χ0n) is 14.9. The number of halogens is 1. The van der Waals surface area contributed by atoms with E-state index in [0.717, 1.165) is 16.7 Å². The Morgan fingerprint density at radius 2 is 1.92 bits per heavy atom. The molecule has 2 atom stereocenters. The molecule has 26 heavy (non-hydrogen) atoms. The van der Waals surface area contributed by atoms with Crippen LogP contribution >= 0.6 is 0 Å². The number of esters is 1. The summed E-state index contributed by atoms with van der Waals surface area (Å²) in [7, 11) is 0. The molecule has 0 spiro atoms. The average Bonchev–Trinajstić information content (AvgIpc) is 2.61. The molecule has 134 valence electrons. The molecule has 0 aliphatic heterocycles. The zero-order chi connectivity index (χ0) is 18.7. The van der Waals surface area contributed by atoms with E-state index in [1.807, 2.05) is 31.2 Å². The normalized spacial score (nSPS) is 19.8. The first-order chi connectivity index (χ1) is 12.5. The Labute approximate surface area is 152 Å². The maximum Gasteiger partial charge on any atom is 0.317 e. The number of allylic oxidation sites excluding steroid dienone is 2. The smallest absolute Gasteiger partial charge is 0.317 e. The minimum Gasteiger partial charge on any atom is -0.465 e. The molecule has 0 N–H and O–H groups in total. The highest BCUT2D eigenvalue weighted by Crippen LogP contribution is 2.40. The molecule has 0 aromatic heterocycles. The van der Waals surface area contributed by atoms with Gasteiger partial charge in [-0.05, 0) is 55.2 Å². The molecular formula is C22H21FO3. The topological polar surface area (TPSA) is 43.4 Å². The summed E-state index contributed by atoms with van der Waals surface area (Å²) in [5.74, 6) is -2.61. The van der Waals surface area contributed by atoms with Gasteiger partial charge in [-0.1, -0.05) is 42.0 Å². The Morgan fingerprint density at radius 1 is 1.19 bits per heavy atom. The van der Waals surface area contributed by atoms with E-state index < -0.39 is 17.8 Å². The van der Waals surface area contributed by atoms with Crippen LogP contribution in [0.25, 0.3) is 5.57 Å². The number of rotatable bonds is 4. The summed E-state index contributed by atoms with van der Waals surface area (Å²) in [6, 6.07) is 14.0. The molecule has 1 aliphatic rings. The van der Waals surface area contributed by atoms with E-state index in [2.05, 4.69) is 0 Å². The van der Waals surface area contributed by atoms with Gasteiger partial charge in [0.2, 0.25) is 0 Å². The van der Waals surface area contributed by atoms with Crippen LogP contribution in [-0.2, 0) is 14.3 Å². The van der Waals surface area contributed by atoms with Gasteiger partial charge in [-0.15, -0.1) is 0 Å². The minimum absolute atomic E-state index is 0.201. The maximum atomic E-state index is 13.7. The van der Waals surface area contributed by atoms with Gasteiger partial charge in [0.25, 0.3) is 0 Å². The first-order valence-corrected chi connectivity index (χ1v) is 8.73. The lowest BCUT2D eigenvalue weighted by Crippen LogP contribution is -2.34. The van der Waals surface area contributed by atoms with Crippen LogP contribution in [0, 0.1) is 18.7 Å². The van der Waals surface area contributed by atoms with Gasteiger partial charge >= 0.3 is 5.97 Å². The highest BCUT2D eigenvalue weighted by Gasteiger charge is 2.39. The van der Waals surface area contributed by atoms with E-state index >= 15 is 0 Å². The second kappa shape index (κ2) is 7.65. The number of hydrogen-bond acceptors (Lipinski definition) is 3. The van der Waals surface area contributed by atoms with Crippen LogP contribution in [0.1, 0.15) is 36.0 Å². The molecular weight excluding hydrogens is 331 g/mol. The summed E-state index contributed by atoms with van der Waals surface area (Å²) in [6.45, 7) is 3.90. The standard InChI is InChI=1S/C22H21FO3/c1-3-26-22(25)21-19(16-5-4-6-18(23)11-16)12-17(13-20(21)24)15-9-7-14(2)8-10-15/h4-11,13,19,21H,3,12H2,1-2H3. The molecule has 0 saturated carbocycles. The summed E-state index contributed by atoms with van der Waals surface area (Å²) in [5.41, 5.74) is 3.55. The van der Waals surface area contributed by atoms with Gasteiger partial charge in [0.05, 0.1) is 6.61 Å². The van der Waals surface area contributed by atoms with Crippen LogP contribution in [-0.4, -0.2) is 18.4 Å². The number of benzene rings is 2. The molecule has 4 heteroatoms. The number of carbonyl (C=O) groups excluding carboxylic acids is 2. The van der Waals surface area contributed by atoms with Crippen molar-refractivity contribution in [3.05, 3.63) is 77.1 Å². The van der Waals surface area contributed by atoms with Crippen molar-refractivity contribution in [2.75, 3.05) is 6.61 Å². The van der Waals surface area contributed by atoms with Gasteiger partial charge < -0.3 is 4.74 Å². The van der Waals surface area contributed by atoms with Crippen LogP contribution in [0.5, 0.6) is 0 Å². The van der Waals surface area contributed by atoms with Crippen LogP contribution in [0.4, 0.5) is 4.39 Å². The largest absolute Gasteiger partial charge is 0.465 e. The Balaban J connectivity index is 2.02. The van der Waals surface area contributed by atoms with Crippen molar-refractivity contribution in [1.29, 1.82) is 0 Å². The average molecular weight is 352 g/mol. The number of ketones is 1. The molecule has 2 aromatic carbocycles. The first kappa shape index (κ1) is 18.1. The molecule has 2 aromatic rings. The van der Waals surface area contributed by atoms with Gasteiger partial charge in [0.15, 0.2) is 5.78 Å². The van der Waals surface area contributed by atoms with E-state index in [1.54, 1.807) is 19.1 Å². The third kappa shape index (κ3) is 3.74. The van der Waals surface area contributed by atoms with Crippen LogP contribution in [0.3, 0.4) is 0 Å². The van der Waals surface area contributed by atoms with E-state index in [4.69, 9.17) is 4.74 Å². The molecule has 3 rings (SSSR count). The van der Waals surface area contributed by atoms with Crippen molar-refractivity contribution in [3.63, 3.8) is 0 Å². The molecule has 0 heterocycles. The lowest BCUT2D eigenvalue weighted by Gasteiger charge is -2.29. The molecule has 0 saturated heterocycles. The Hall–Kier alpha value is -2.75.